The average molecular weight is 381 g/mol. The first-order chi connectivity index (χ1) is 13.5. The number of amides is 1. The van der Waals surface area contributed by atoms with Gasteiger partial charge >= 0.3 is 5.97 Å². The predicted molar refractivity (Wildman–Crippen MR) is 108 cm³/mol. The first-order valence-corrected chi connectivity index (χ1v) is 9.91. The largest absolute Gasteiger partial charge is 0.507 e. The molecule has 0 atom stereocenters. The number of unbranched alkanes of at least 4 members (excludes halogenated alkanes) is 1. The third-order valence-corrected chi connectivity index (χ3v) is 5.16. The molecule has 1 saturated carbocycles. The van der Waals surface area contributed by atoms with Gasteiger partial charge < -0.3 is 15.1 Å². The number of benzene rings is 2. The van der Waals surface area contributed by atoms with Crippen molar-refractivity contribution < 1.29 is 19.8 Å². The Kier molecular flexibility index (Phi) is 6.34. The summed E-state index contributed by atoms with van der Waals surface area (Å²) in [7, 11) is 0. The topological polar surface area (TPSA) is 77.8 Å². The lowest BCUT2D eigenvalue weighted by molar-refractivity contribution is -0.132. The summed E-state index contributed by atoms with van der Waals surface area (Å²) in [5, 5.41) is 18.8. The molecule has 28 heavy (non-hydrogen) atoms. The van der Waals surface area contributed by atoms with E-state index in [9.17, 15) is 19.8 Å². The van der Waals surface area contributed by atoms with Gasteiger partial charge in [0.25, 0.3) is 0 Å². The van der Waals surface area contributed by atoms with Crippen LogP contribution in [0.3, 0.4) is 0 Å². The first-order valence-electron chi connectivity index (χ1n) is 9.91. The second-order valence-corrected chi connectivity index (χ2v) is 7.56. The summed E-state index contributed by atoms with van der Waals surface area (Å²) in [5.74, 6) is -0.523. The molecule has 148 valence electrons. The van der Waals surface area contributed by atoms with Gasteiger partial charge in [0, 0.05) is 19.5 Å². The second-order valence-electron chi connectivity index (χ2n) is 7.56. The Hall–Kier alpha value is -2.82. The van der Waals surface area contributed by atoms with Crippen molar-refractivity contribution in [3.8, 4) is 16.9 Å². The van der Waals surface area contributed by atoms with E-state index < -0.39 is 5.97 Å². The molecule has 0 aromatic heterocycles. The molecular formula is C23H27NO4. The highest BCUT2D eigenvalue weighted by Crippen LogP contribution is 2.31. The summed E-state index contributed by atoms with van der Waals surface area (Å²) < 4.78 is 0. The number of rotatable bonds is 9. The highest BCUT2D eigenvalue weighted by Gasteiger charge is 2.26. The summed E-state index contributed by atoms with van der Waals surface area (Å²) >= 11 is 0. The number of aromatic hydroxyl groups is 1. The third kappa shape index (κ3) is 5.12. The summed E-state index contributed by atoms with van der Waals surface area (Å²) in [6, 6.07) is 12.4. The van der Waals surface area contributed by atoms with E-state index >= 15 is 0 Å². The highest BCUT2D eigenvalue weighted by molar-refractivity contribution is 5.92. The molecule has 0 spiro atoms. The zero-order chi connectivity index (χ0) is 20.1. The van der Waals surface area contributed by atoms with Crippen molar-refractivity contribution in [3.63, 3.8) is 0 Å². The molecule has 2 N–H and O–H groups in total. The normalized spacial score (nSPS) is 13.3. The Bertz CT molecular complexity index is 840. The minimum Gasteiger partial charge on any atom is -0.507 e. The number of aromatic carboxylic acids is 1. The van der Waals surface area contributed by atoms with Crippen LogP contribution in [-0.2, 0) is 11.3 Å². The Morgan fingerprint density at radius 2 is 1.75 bits per heavy atom. The molecule has 0 heterocycles. The van der Waals surface area contributed by atoms with Gasteiger partial charge in [0.05, 0.1) is 0 Å². The number of carboxylic acids is 1. The van der Waals surface area contributed by atoms with Crippen LogP contribution in [0.5, 0.6) is 5.75 Å². The monoisotopic (exact) mass is 381 g/mol. The van der Waals surface area contributed by atoms with E-state index in [2.05, 4.69) is 6.92 Å². The molecule has 0 aliphatic heterocycles. The Morgan fingerprint density at radius 3 is 2.36 bits per heavy atom. The standard InChI is InChI=1S/C23H27NO4/c1-2-3-4-22(26)24(14-16-5-6-16)15-17-7-9-18(10-8-17)19-11-12-21(25)20(13-19)23(27)28/h7-13,16,25H,2-6,14-15H2,1H3,(H,27,28). The van der Waals surface area contributed by atoms with Crippen LogP contribution in [-0.4, -0.2) is 33.5 Å². The average Bonchev–Trinajstić information content (AvgIpc) is 3.50. The molecule has 0 unspecified atom stereocenters. The van der Waals surface area contributed by atoms with E-state index in [1.807, 2.05) is 29.2 Å². The number of nitrogens with zero attached hydrogens (tertiary/aromatic N) is 1. The van der Waals surface area contributed by atoms with E-state index in [0.717, 1.165) is 36.1 Å². The number of carbonyl (C=O) groups excluding carboxylic acids is 1. The lowest BCUT2D eigenvalue weighted by atomic mass is 10.0. The quantitative estimate of drug-likeness (QED) is 0.661. The van der Waals surface area contributed by atoms with Crippen LogP contribution in [0, 0.1) is 5.92 Å². The number of carboxylic acid groups (broad SMARTS) is 1. The molecule has 1 aliphatic rings. The van der Waals surface area contributed by atoms with Gasteiger partial charge in [-0.25, -0.2) is 4.79 Å². The summed E-state index contributed by atoms with van der Waals surface area (Å²) in [4.78, 5) is 25.7. The van der Waals surface area contributed by atoms with Crippen LogP contribution < -0.4 is 0 Å². The fraction of sp³-hybridized carbons (Fsp3) is 0.391. The van der Waals surface area contributed by atoms with Crippen molar-refractivity contribution in [2.24, 2.45) is 5.92 Å². The van der Waals surface area contributed by atoms with Crippen LogP contribution in [0.1, 0.15) is 54.9 Å². The van der Waals surface area contributed by atoms with Gasteiger partial charge in [-0.05, 0) is 54.0 Å². The zero-order valence-electron chi connectivity index (χ0n) is 16.2. The number of hydrogen-bond acceptors (Lipinski definition) is 3. The van der Waals surface area contributed by atoms with E-state index in [0.29, 0.717) is 18.9 Å². The van der Waals surface area contributed by atoms with Gasteiger partial charge in [-0.3, -0.25) is 4.79 Å². The van der Waals surface area contributed by atoms with E-state index in [1.54, 1.807) is 6.07 Å². The third-order valence-electron chi connectivity index (χ3n) is 5.16. The minimum atomic E-state index is -1.16. The molecule has 1 amide bonds. The van der Waals surface area contributed by atoms with Crippen LogP contribution in [0.25, 0.3) is 11.1 Å². The fourth-order valence-corrected chi connectivity index (χ4v) is 3.26. The predicted octanol–water partition coefficient (Wildman–Crippen LogP) is 4.69. The van der Waals surface area contributed by atoms with E-state index in [4.69, 9.17) is 0 Å². The van der Waals surface area contributed by atoms with Crippen molar-refractivity contribution in [1.82, 2.24) is 4.90 Å². The maximum atomic E-state index is 12.5. The van der Waals surface area contributed by atoms with Crippen molar-refractivity contribution in [2.45, 2.75) is 45.6 Å². The summed E-state index contributed by atoms with van der Waals surface area (Å²) in [6.07, 6.45) is 4.97. The van der Waals surface area contributed by atoms with Crippen molar-refractivity contribution >= 4 is 11.9 Å². The van der Waals surface area contributed by atoms with Crippen LogP contribution in [0.15, 0.2) is 42.5 Å². The van der Waals surface area contributed by atoms with Crippen molar-refractivity contribution in [3.05, 3.63) is 53.6 Å². The molecule has 0 saturated heterocycles. The van der Waals surface area contributed by atoms with E-state index in [1.165, 1.54) is 25.0 Å². The van der Waals surface area contributed by atoms with Crippen LogP contribution >= 0.6 is 0 Å². The second kappa shape index (κ2) is 8.91. The SMILES string of the molecule is CCCCC(=O)N(Cc1ccc(-c2ccc(O)c(C(=O)O)c2)cc1)CC1CC1. The number of hydrogen-bond donors (Lipinski definition) is 2. The first kappa shape index (κ1) is 19.9. The highest BCUT2D eigenvalue weighted by atomic mass is 16.4. The van der Waals surface area contributed by atoms with Crippen molar-refractivity contribution in [2.75, 3.05) is 6.54 Å². The summed E-state index contributed by atoms with van der Waals surface area (Å²) in [5.41, 5.74) is 2.55. The van der Waals surface area contributed by atoms with E-state index in [-0.39, 0.29) is 17.2 Å². The summed E-state index contributed by atoms with van der Waals surface area (Å²) in [6.45, 7) is 3.54. The van der Waals surface area contributed by atoms with Gasteiger partial charge in [-0.1, -0.05) is 43.7 Å². The zero-order valence-corrected chi connectivity index (χ0v) is 16.2. The van der Waals surface area contributed by atoms with Gasteiger partial charge in [0.1, 0.15) is 11.3 Å². The molecule has 1 aliphatic carbocycles. The molecule has 0 radical (unpaired) electrons. The Morgan fingerprint density at radius 1 is 1.07 bits per heavy atom. The lowest BCUT2D eigenvalue weighted by Crippen LogP contribution is -2.32. The van der Waals surface area contributed by atoms with Crippen LogP contribution in [0.2, 0.25) is 0 Å². The molecule has 3 rings (SSSR count). The fourth-order valence-electron chi connectivity index (χ4n) is 3.26. The van der Waals surface area contributed by atoms with Gasteiger partial charge in [0.2, 0.25) is 5.91 Å². The maximum Gasteiger partial charge on any atom is 0.339 e. The molecule has 2 aromatic rings. The van der Waals surface area contributed by atoms with Gasteiger partial charge in [-0.2, -0.15) is 0 Å². The minimum absolute atomic E-state index is 0.112. The number of phenols is 1. The van der Waals surface area contributed by atoms with Crippen LogP contribution in [0.4, 0.5) is 0 Å². The van der Waals surface area contributed by atoms with Crippen molar-refractivity contribution in [1.29, 1.82) is 0 Å². The Balaban J connectivity index is 1.73. The number of carbonyl (C=O) groups is 2. The molecule has 5 nitrogen and oxygen atoms in total. The molecule has 2 aromatic carbocycles. The van der Waals surface area contributed by atoms with Gasteiger partial charge in [-0.15, -0.1) is 0 Å². The molecule has 1 fully saturated rings. The molecule has 0 bridgehead atoms. The lowest BCUT2D eigenvalue weighted by Gasteiger charge is -2.23. The smallest absolute Gasteiger partial charge is 0.339 e. The molecule has 5 heteroatoms. The molecular weight excluding hydrogens is 354 g/mol. The maximum absolute atomic E-state index is 12.5. The Labute approximate surface area is 165 Å². The van der Waals surface area contributed by atoms with Gasteiger partial charge in [0.15, 0.2) is 0 Å².